The largest absolute Gasteiger partial charge is 0.353 e. The average Bonchev–Trinajstić information content (AvgIpc) is 2.48. The molecule has 0 radical (unpaired) electrons. The van der Waals surface area contributed by atoms with Gasteiger partial charge in [0.1, 0.15) is 0 Å². The lowest BCUT2D eigenvalue weighted by molar-refractivity contribution is 0.678. The molecule has 1 N–H and O–H groups in total. The van der Waals surface area contributed by atoms with E-state index in [1.807, 2.05) is 0 Å². The maximum atomic E-state index is 4.54. The highest BCUT2D eigenvalue weighted by Gasteiger charge is 2.07. The molecule has 4 nitrogen and oxygen atoms in total. The summed E-state index contributed by atoms with van der Waals surface area (Å²) in [6.45, 7) is 5.11. The van der Waals surface area contributed by atoms with Crippen molar-refractivity contribution in [1.29, 1.82) is 0 Å². The zero-order valence-electron chi connectivity index (χ0n) is 12.1. The summed E-state index contributed by atoms with van der Waals surface area (Å²) in [6.07, 6.45) is 10.5. The lowest BCUT2D eigenvalue weighted by Crippen LogP contribution is -2.11. The highest BCUT2D eigenvalue weighted by Crippen LogP contribution is 2.19. The first-order chi connectivity index (χ1) is 9.33. The second-order valence-corrected chi connectivity index (χ2v) is 5.02. The van der Waals surface area contributed by atoms with Crippen molar-refractivity contribution in [2.75, 3.05) is 11.9 Å². The van der Waals surface area contributed by atoms with Crippen LogP contribution in [0.4, 0.5) is 5.95 Å². The van der Waals surface area contributed by atoms with Gasteiger partial charge < -0.3 is 5.32 Å². The molecule has 19 heavy (non-hydrogen) atoms. The third kappa shape index (κ3) is 4.01. The minimum atomic E-state index is 0.672. The quantitative estimate of drug-likeness (QED) is 0.797. The van der Waals surface area contributed by atoms with Crippen molar-refractivity contribution in [1.82, 2.24) is 15.2 Å². The molecule has 0 amide bonds. The van der Waals surface area contributed by atoms with Crippen molar-refractivity contribution in [3.8, 4) is 0 Å². The van der Waals surface area contributed by atoms with E-state index < -0.39 is 0 Å². The molecule has 0 atom stereocenters. The molecule has 0 unspecified atom stereocenters. The Bertz CT molecular complexity index is 440. The van der Waals surface area contributed by atoms with E-state index in [1.54, 1.807) is 5.57 Å². The van der Waals surface area contributed by atoms with E-state index in [1.165, 1.54) is 25.7 Å². The Balaban J connectivity index is 1.87. The number of nitrogens with zero attached hydrogens (tertiary/aromatic N) is 3. The van der Waals surface area contributed by atoms with Crippen LogP contribution in [0.3, 0.4) is 0 Å². The van der Waals surface area contributed by atoms with Crippen LogP contribution in [0.15, 0.2) is 11.6 Å². The summed E-state index contributed by atoms with van der Waals surface area (Å²) in [5, 5.41) is 11.7. The van der Waals surface area contributed by atoms with Gasteiger partial charge in [0.2, 0.25) is 5.95 Å². The molecule has 0 aliphatic heterocycles. The van der Waals surface area contributed by atoms with Crippen LogP contribution in [0.1, 0.15) is 57.3 Å². The van der Waals surface area contributed by atoms with Crippen molar-refractivity contribution < 1.29 is 0 Å². The van der Waals surface area contributed by atoms with Crippen molar-refractivity contribution >= 4 is 5.95 Å². The molecular weight excluding hydrogens is 236 g/mol. The molecule has 1 aliphatic rings. The standard InChI is InChI=1S/C15H24N4/c1-3-13-14(4-2)18-19-15(17-13)16-11-10-12-8-6-5-7-9-12/h8H,3-7,9-11H2,1-2H3,(H,16,17,19). The summed E-state index contributed by atoms with van der Waals surface area (Å²) in [6, 6.07) is 0. The van der Waals surface area contributed by atoms with Gasteiger partial charge in [0.25, 0.3) is 0 Å². The highest BCUT2D eigenvalue weighted by molar-refractivity contribution is 5.26. The molecule has 0 bridgehead atoms. The summed E-state index contributed by atoms with van der Waals surface area (Å²) in [5.41, 5.74) is 3.66. The fourth-order valence-corrected chi connectivity index (χ4v) is 2.48. The van der Waals surface area contributed by atoms with E-state index in [0.717, 1.165) is 37.2 Å². The Morgan fingerprint density at radius 2 is 1.95 bits per heavy atom. The number of anilines is 1. The van der Waals surface area contributed by atoms with Crippen LogP contribution < -0.4 is 5.32 Å². The monoisotopic (exact) mass is 260 g/mol. The zero-order chi connectivity index (χ0) is 13.5. The molecule has 0 saturated heterocycles. The first-order valence-corrected chi connectivity index (χ1v) is 7.47. The highest BCUT2D eigenvalue weighted by atomic mass is 15.2. The van der Waals surface area contributed by atoms with Crippen molar-refractivity contribution in [3.05, 3.63) is 23.0 Å². The smallest absolute Gasteiger partial charge is 0.242 e. The number of hydrogen-bond acceptors (Lipinski definition) is 4. The maximum Gasteiger partial charge on any atom is 0.242 e. The number of hydrogen-bond donors (Lipinski definition) is 1. The summed E-state index contributed by atoms with van der Waals surface area (Å²) in [7, 11) is 0. The van der Waals surface area contributed by atoms with Gasteiger partial charge >= 0.3 is 0 Å². The van der Waals surface area contributed by atoms with Crippen LogP contribution in [0, 0.1) is 0 Å². The van der Waals surface area contributed by atoms with E-state index in [2.05, 4.69) is 40.4 Å². The van der Waals surface area contributed by atoms with Crippen LogP contribution in [0.25, 0.3) is 0 Å². The normalized spacial score (nSPS) is 15.2. The molecule has 0 saturated carbocycles. The molecule has 2 rings (SSSR count). The molecular formula is C15H24N4. The van der Waals surface area contributed by atoms with E-state index in [4.69, 9.17) is 0 Å². The Morgan fingerprint density at radius 3 is 2.63 bits per heavy atom. The van der Waals surface area contributed by atoms with Gasteiger partial charge in [0, 0.05) is 6.54 Å². The molecule has 104 valence electrons. The molecule has 1 aliphatic carbocycles. The van der Waals surface area contributed by atoms with E-state index in [9.17, 15) is 0 Å². The van der Waals surface area contributed by atoms with Gasteiger partial charge in [-0.1, -0.05) is 25.5 Å². The lowest BCUT2D eigenvalue weighted by Gasteiger charge is -2.13. The zero-order valence-corrected chi connectivity index (χ0v) is 12.1. The molecule has 0 fully saturated rings. The maximum absolute atomic E-state index is 4.54. The van der Waals surface area contributed by atoms with Gasteiger partial charge in [-0.15, -0.1) is 5.10 Å². The van der Waals surface area contributed by atoms with Gasteiger partial charge in [0.15, 0.2) is 0 Å². The summed E-state index contributed by atoms with van der Waals surface area (Å²) < 4.78 is 0. The van der Waals surface area contributed by atoms with Gasteiger partial charge in [-0.25, -0.2) is 4.98 Å². The predicted molar refractivity (Wildman–Crippen MR) is 78.2 cm³/mol. The number of aromatic nitrogens is 3. The van der Waals surface area contributed by atoms with Crippen molar-refractivity contribution in [3.63, 3.8) is 0 Å². The fourth-order valence-electron chi connectivity index (χ4n) is 2.48. The minimum absolute atomic E-state index is 0.672. The average molecular weight is 260 g/mol. The van der Waals surface area contributed by atoms with Crippen LogP contribution in [-0.4, -0.2) is 21.7 Å². The van der Waals surface area contributed by atoms with E-state index in [-0.39, 0.29) is 0 Å². The molecule has 1 heterocycles. The molecule has 1 aromatic heterocycles. The van der Waals surface area contributed by atoms with Gasteiger partial charge in [0.05, 0.1) is 11.4 Å². The predicted octanol–water partition coefficient (Wildman–Crippen LogP) is 3.30. The van der Waals surface area contributed by atoms with Crippen molar-refractivity contribution in [2.24, 2.45) is 0 Å². The van der Waals surface area contributed by atoms with E-state index in [0.29, 0.717) is 5.95 Å². The number of allylic oxidation sites excluding steroid dienone is 1. The number of rotatable bonds is 6. The van der Waals surface area contributed by atoms with Gasteiger partial charge in [-0.2, -0.15) is 5.10 Å². The number of nitrogens with one attached hydrogen (secondary N) is 1. The van der Waals surface area contributed by atoms with Crippen molar-refractivity contribution in [2.45, 2.75) is 58.8 Å². The second-order valence-electron chi connectivity index (χ2n) is 5.02. The summed E-state index contributed by atoms with van der Waals surface area (Å²) >= 11 is 0. The summed E-state index contributed by atoms with van der Waals surface area (Å²) in [4.78, 5) is 4.54. The molecule has 1 aromatic rings. The molecule has 4 heteroatoms. The van der Waals surface area contributed by atoms with Crippen LogP contribution in [-0.2, 0) is 12.8 Å². The molecule has 0 spiro atoms. The Kier molecular flexibility index (Phi) is 5.31. The first-order valence-electron chi connectivity index (χ1n) is 7.47. The van der Waals surface area contributed by atoms with Gasteiger partial charge in [-0.3, -0.25) is 0 Å². The number of aryl methyl sites for hydroxylation is 2. The van der Waals surface area contributed by atoms with Gasteiger partial charge in [-0.05, 0) is 44.9 Å². The van der Waals surface area contributed by atoms with Crippen LogP contribution in [0.2, 0.25) is 0 Å². The third-order valence-electron chi connectivity index (χ3n) is 3.62. The van der Waals surface area contributed by atoms with Crippen LogP contribution >= 0.6 is 0 Å². The van der Waals surface area contributed by atoms with E-state index >= 15 is 0 Å². The van der Waals surface area contributed by atoms with Crippen LogP contribution in [0.5, 0.6) is 0 Å². The summed E-state index contributed by atoms with van der Waals surface area (Å²) in [5.74, 6) is 0.672. The second kappa shape index (κ2) is 7.22. The Morgan fingerprint density at radius 1 is 1.11 bits per heavy atom. The Hall–Kier alpha value is -1.45. The lowest BCUT2D eigenvalue weighted by atomic mass is 9.97. The third-order valence-corrected chi connectivity index (χ3v) is 3.62. The first kappa shape index (κ1) is 14.0. The fraction of sp³-hybridized carbons (Fsp3) is 0.667. The SMILES string of the molecule is CCc1nnc(NCCC2=CCCCC2)nc1CC. The molecule has 0 aromatic carbocycles. The Labute approximate surface area is 115 Å². The topological polar surface area (TPSA) is 50.7 Å². The minimum Gasteiger partial charge on any atom is -0.353 e.